The number of nitrogens with one attached hydrogen (secondary N) is 2. The third-order valence-electron chi connectivity index (χ3n) is 6.61. The van der Waals surface area contributed by atoms with Crippen LogP contribution in [0.5, 0.6) is 0 Å². The summed E-state index contributed by atoms with van der Waals surface area (Å²) in [5.74, 6) is -0.502. The highest BCUT2D eigenvalue weighted by Gasteiger charge is 2.37. The summed E-state index contributed by atoms with van der Waals surface area (Å²) >= 11 is 0. The summed E-state index contributed by atoms with van der Waals surface area (Å²) in [6, 6.07) is 21.6. The van der Waals surface area contributed by atoms with Crippen LogP contribution in [0.15, 0.2) is 72.8 Å². The number of nitrogens with zero attached hydrogens (tertiary/aromatic N) is 1. The quantitative estimate of drug-likeness (QED) is 0.360. The van der Waals surface area contributed by atoms with Crippen molar-refractivity contribution in [2.45, 2.75) is 50.8 Å². The van der Waals surface area contributed by atoms with Crippen molar-refractivity contribution >= 4 is 34.4 Å². The Morgan fingerprint density at radius 2 is 1.73 bits per heavy atom. The van der Waals surface area contributed by atoms with Crippen molar-refractivity contribution < 1.29 is 19.1 Å². The molecular formula is C29H34N4O4. The molecule has 3 amide bonds. The standard InChI is InChI=1S/C29H34N4O4/c30-17-7-6-13-25(32-29(36)37-20-21-9-2-1-3-10-21)28(35)33-18-8-14-26(33)27(34)31-24-16-15-22-11-4-5-12-23(22)19-24/h1-5,9-12,15-16,19,25-26H,6-8,13-14,17-18,20,30H2,(H,31,34)(H,32,36)/t25-,26-/m0/s1. The van der Waals surface area contributed by atoms with E-state index in [1.807, 2.05) is 72.8 Å². The number of carbonyl (C=O) groups is 3. The summed E-state index contributed by atoms with van der Waals surface area (Å²) in [5, 5.41) is 7.81. The van der Waals surface area contributed by atoms with E-state index >= 15 is 0 Å². The molecule has 3 aromatic rings. The number of nitrogens with two attached hydrogens (primary N) is 1. The van der Waals surface area contributed by atoms with Crippen LogP contribution in [0.25, 0.3) is 10.8 Å². The third kappa shape index (κ3) is 7.07. The van der Waals surface area contributed by atoms with Crippen LogP contribution in [-0.2, 0) is 20.9 Å². The molecule has 194 valence electrons. The number of rotatable bonds is 10. The Labute approximate surface area is 217 Å². The molecule has 1 heterocycles. The second-order valence-electron chi connectivity index (χ2n) is 9.28. The van der Waals surface area contributed by atoms with Crippen molar-refractivity contribution in [3.8, 4) is 0 Å². The zero-order valence-corrected chi connectivity index (χ0v) is 20.9. The SMILES string of the molecule is NCCCC[C@H](NC(=O)OCc1ccccc1)C(=O)N1CCC[C@H]1C(=O)Nc1ccc2ccccc2c1. The number of fused-ring (bicyclic) bond motifs is 1. The lowest BCUT2D eigenvalue weighted by Crippen LogP contribution is -2.52. The first kappa shape index (κ1) is 26.2. The fourth-order valence-electron chi connectivity index (χ4n) is 4.65. The fraction of sp³-hybridized carbons (Fsp3) is 0.345. The maximum Gasteiger partial charge on any atom is 0.408 e. The average molecular weight is 503 g/mol. The molecule has 1 saturated heterocycles. The van der Waals surface area contributed by atoms with Crippen LogP contribution in [0, 0.1) is 0 Å². The zero-order chi connectivity index (χ0) is 26.0. The van der Waals surface area contributed by atoms with E-state index in [9.17, 15) is 14.4 Å². The van der Waals surface area contributed by atoms with Gasteiger partial charge in [0.15, 0.2) is 0 Å². The van der Waals surface area contributed by atoms with E-state index in [4.69, 9.17) is 10.5 Å². The van der Waals surface area contributed by atoms with Gasteiger partial charge in [-0.1, -0.05) is 60.7 Å². The van der Waals surface area contributed by atoms with Gasteiger partial charge in [-0.05, 0) is 67.1 Å². The van der Waals surface area contributed by atoms with Gasteiger partial charge in [0, 0.05) is 12.2 Å². The highest BCUT2D eigenvalue weighted by molar-refractivity contribution is 6.00. The predicted molar refractivity (Wildman–Crippen MR) is 144 cm³/mol. The fourth-order valence-corrected chi connectivity index (χ4v) is 4.65. The first-order chi connectivity index (χ1) is 18.0. The molecule has 8 heteroatoms. The second kappa shape index (κ2) is 12.9. The maximum atomic E-state index is 13.5. The predicted octanol–water partition coefficient (Wildman–Crippen LogP) is 4.19. The molecule has 37 heavy (non-hydrogen) atoms. The molecule has 0 radical (unpaired) electrons. The summed E-state index contributed by atoms with van der Waals surface area (Å²) in [4.78, 5) is 40.9. The number of anilines is 1. The van der Waals surface area contributed by atoms with E-state index in [0.717, 1.165) is 29.2 Å². The van der Waals surface area contributed by atoms with E-state index < -0.39 is 18.2 Å². The minimum atomic E-state index is -0.788. The molecule has 4 N–H and O–H groups in total. The Hall–Kier alpha value is -3.91. The van der Waals surface area contributed by atoms with Gasteiger partial charge < -0.3 is 26.0 Å². The van der Waals surface area contributed by atoms with Crippen LogP contribution in [-0.4, -0.2) is 48.0 Å². The van der Waals surface area contributed by atoms with Gasteiger partial charge in [0.05, 0.1) is 0 Å². The molecule has 1 aliphatic heterocycles. The van der Waals surface area contributed by atoms with Crippen molar-refractivity contribution in [1.29, 1.82) is 0 Å². The normalized spacial score (nSPS) is 15.8. The summed E-state index contributed by atoms with van der Waals surface area (Å²) < 4.78 is 5.34. The largest absolute Gasteiger partial charge is 0.445 e. The van der Waals surface area contributed by atoms with Crippen LogP contribution >= 0.6 is 0 Å². The van der Waals surface area contributed by atoms with Gasteiger partial charge in [0.1, 0.15) is 18.7 Å². The lowest BCUT2D eigenvalue weighted by molar-refractivity contribution is -0.138. The number of benzene rings is 3. The van der Waals surface area contributed by atoms with Crippen molar-refractivity contribution in [3.05, 3.63) is 78.4 Å². The average Bonchev–Trinajstić information content (AvgIpc) is 3.42. The van der Waals surface area contributed by atoms with Crippen molar-refractivity contribution in [2.75, 3.05) is 18.4 Å². The number of likely N-dealkylation sites (tertiary alicyclic amines) is 1. The molecule has 4 rings (SSSR count). The molecule has 0 spiro atoms. The summed E-state index contributed by atoms with van der Waals surface area (Å²) in [7, 11) is 0. The highest BCUT2D eigenvalue weighted by Crippen LogP contribution is 2.23. The molecule has 0 aromatic heterocycles. The van der Waals surface area contributed by atoms with Crippen molar-refractivity contribution in [3.63, 3.8) is 0 Å². The molecule has 8 nitrogen and oxygen atoms in total. The van der Waals surface area contributed by atoms with E-state index in [2.05, 4.69) is 10.6 Å². The molecule has 0 unspecified atom stereocenters. The van der Waals surface area contributed by atoms with Gasteiger partial charge in [0.2, 0.25) is 11.8 Å². The van der Waals surface area contributed by atoms with Crippen LogP contribution < -0.4 is 16.4 Å². The van der Waals surface area contributed by atoms with Gasteiger partial charge in [-0.25, -0.2) is 4.79 Å². The van der Waals surface area contributed by atoms with Gasteiger partial charge in [0.25, 0.3) is 0 Å². The zero-order valence-electron chi connectivity index (χ0n) is 20.9. The van der Waals surface area contributed by atoms with E-state index in [1.54, 1.807) is 4.90 Å². The van der Waals surface area contributed by atoms with Crippen LogP contribution in [0.3, 0.4) is 0 Å². The lowest BCUT2D eigenvalue weighted by Gasteiger charge is -2.28. The third-order valence-corrected chi connectivity index (χ3v) is 6.61. The van der Waals surface area contributed by atoms with Crippen LogP contribution in [0.1, 0.15) is 37.7 Å². The Balaban J connectivity index is 1.40. The Morgan fingerprint density at radius 3 is 2.51 bits per heavy atom. The van der Waals surface area contributed by atoms with Gasteiger partial charge >= 0.3 is 6.09 Å². The smallest absolute Gasteiger partial charge is 0.408 e. The van der Waals surface area contributed by atoms with E-state index in [-0.39, 0.29) is 18.4 Å². The lowest BCUT2D eigenvalue weighted by atomic mass is 10.1. The maximum absolute atomic E-state index is 13.5. The Morgan fingerprint density at radius 1 is 0.973 bits per heavy atom. The van der Waals surface area contributed by atoms with E-state index in [1.165, 1.54) is 0 Å². The summed E-state index contributed by atoms with van der Waals surface area (Å²) in [6.45, 7) is 1.07. The van der Waals surface area contributed by atoms with Gasteiger partial charge in [-0.2, -0.15) is 0 Å². The minimum Gasteiger partial charge on any atom is -0.445 e. The molecule has 3 aromatic carbocycles. The monoisotopic (exact) mass is 502 g/mol. The summed E-state index contributed by atoms with van der Waals surface area (Å²) in [6.07, 6.45) is 2.45. The molecule has 0 bridgehead atoms. The topological polar surface area (TPSA) is 114 Å². The van der Waals surface area contributed by atoms with Crippen molar-refractivity contribution in [1.82, 2.24) is 10.2 Å². The number of ether oxygens (including phenoxy) is 1. The minimum absolute atomic E-state index is 0.108. The van der Waals surface area contributed by atoms with Crippen LogP contribution in [0.4, 0.5) is 10.5 Å². The highest BCUT2D eigenvalue weighted by atomic mass is 16.5. The number of alkyl carbamates (subject to hydrolysis) is 1. The first-order valence-corrected chi connectivity index (χ1v) is 12.8. The van der Waals surface area contributed by atoms with Gasteiger partial charge in [-0.3, -0.25) is 9.59 Å². The Kier molecular flexibility index (Phi) is 9.10. The van der Waals surface area contributed by atoms with Crippen LogP contribution in [0.2, 0.25) is 0 Å². The molecule has 0 saturated carbocycles. The van der Waals surface area contributed by atoms with Crippen molar-refractivity contribution in [2.24, 2.45) is 5.73 Å². The summed E-state index contributed by atoms with van der Waals surface area (Å²) in [5.41, 5.74) is 7.18. The second-order valence-corrected chi connectivity index (χ2v) is 9.28. The molecule has 0 aliphatic carbocycles. The molecular weight excluding hydrogens is 468 g/mol. The Bertz CT molecular complexity index is 1220. The number of amides is 3. The number of unbranched alkanes of at least 4 members (excludes halogenated alkanes) is 1. The molecule has 2 atom stereocenters. The first-order valence-electron chi connectivity index (χ1n) is 12.8. The molecule has 1 aliphatic rings. The van der Waals surface area contributed by atoms with E-state index in [0.29, 0.717) is 38.0 Å². The number of hydrogen-bond donors (Lipinski definition) is 3. The number of hydrogen-bond acceptors (Lipinski definition) is 5. The van der Waals surface area contributed by atoms with Gasteiger partial charge in [-0.15, -0.1) is 0 Å². The number of carbonyl (C=O) groups excluding carboxylic acids is 3. The molecule has 1 fully saturated rings.